The summed E-state index contributed by atoms with van der Waals surface area (Å²) in [5.74, 6) is 0.0122. The van der Waals surface area contributed by atoms with Crippen molar-refractivity contribution in [2.75, 3.05) is 31.9 Å². The maximum Gasteiger partial charge on any atom is 0.230 e. The van der Waals surface area contributed by atoms with E-state index in [1.165, 1.54) is 22.9 Å². The van der Waals surface area contributed by atoms with Crippen LogP contribution in [0.4, 0.5) is 0 Å². The Morgan fingerprint density at radius 2 is 2.13 bits per heavy atom. The first-order chi connectivity index (χ1) is 14.4. The Labute approximate surface area is 181 Å². The maximum absolute atomic E-state index is 12.2. The zero-order chi connectivity index (χ0) is 21.5. The number of thioether (sulfide) groups is 1. The Bertz CT molecular complexity index is 884. The van der Waals surface area contributed by atoms with Crippen LogP contribution in [0.15, 0.2) is 29.7 Å². The van der Waals surface area contributed by atoms with Crippen LogP contribution in [0.25, 0.3) is 5.69 Å². The van der Waals surface area contributed by atoms with Gasteiger partial charge in [-0.3, -0.25) is 14.2 Å². The molecule has 3 N–H and O–H groups in total. The minimum absolute atomic E-state index is 0.0247. The van der Waals surface area contributed by atoms with Crippen molar-refractivity contribution in [2.45, 2.75) is 38.3 Å². The minimum Gasteiger partial charge on any atom is -0.369 e. The van der Waals surface area contributed by atoms with Crippen LogP contribution in [-0.2, 0) is 9.59 Å². The molecule has 2 heterocycles. The van der Waals surface area contributed by atoms with Crippen molar-refractivity contribution in [1.29, 1.82) is 0 Å². The van der Waals surface area contributed by atoms with Crippen molar-refractivity contribution < 1.29 is 9.59 Å². The molecule has 0 radical (unpaired) electrons. The van der Waals surface area contributed by atoms with Gasteiger partial charge in [-0.05, 0) is 69.5 Å². The van der Waals surface area contributed by atoms with Crippen LogP contribution < -0.4 is 11.1 Å². The molecule has 1 unspecified atom stereocenters. The number of rotatable bonds is 9. The molecule has 0 aliphatic carbocycles. The van der Waals surface area contributed by atoms with Crippen molar-refractivity contribution in [3.8, 4) is 5.69 Å². The molecule has 1 aliphatic rings. The molecule has 1 saturated heterocycles. The summed E-state index contributed by atoms with van der Waals surface area (Å²) in [6, 6.07) is 6.19. The first-order valence-electron chi connectivity index (χ1n) is 10.3. The Morgan fingerprint density at radius 1 is 1.30 bits per heavy atom. The fourth-order valence-corrected chi connectivity index (χ4v) is 4.34. The molecule has 2 aromatic rings. The molecule has 1 aromatic carbocycles. The van der Waals surface area contributed by atoms with E-state index in [0.29, 0.717) is 11.7 Å². The number of likely N-dealkylation sites (tertiary alicyclic amines) is 1. The second-order valence-corrected chi connectivity index (χ2v) is 8.73. The highest BCUT2D eigenvalue weighted by Crippen LogP contribution is 2.21. The third-order valence-corrected chi connectivity index (χ3v) is 6.44. The number of carbonyl (C=O) groups excluding carboxylic acids is 2. The molecule has 3 rings (SSSR count). The number of nitrogens with two attached hydrogens (primary N) is 1. The van der Waals surface area contributed by atoms with Gasteiger partial charge in [0.1, 0.15) is 6.33 Å². The van der Waals surface area contributed by atoms with E-state index < -0.39 is 0 Å². The lowest BCUT2D eigenvalue weighted by Gasteiger charge is -2.31. The van der Waals surface area contributed by atoms with Crippen molar-refractivity contribution in [1.82, 2.24) is 25.0 Å². The number of aromatic nitrogens is 3. The van der Waals surface area contributed by atoms with Gasteiger partial charge in [-0.1, -0.05) is 17.8 Å². The molecule has 9 heteroatoms. The lowest BCUT2D eigenvalue weighted by Crippen LogP contribution is -2.42. The van der Waals surface area contributed by atoms with E-state index in [2.05, 4.69) is 46.4 Å². The van der Waals surface area contributed by atoms with Crippen LogP contribution in [0.3, 0.4) is 0 Å². The highest BCUT2D eigenvalue weighted by Gasteiger charge is 2.23. The molecule has 30 heavy (non-hydrogen) atoms. The SMILES string of the molecule is Cc1ccc(-n2cnnc2SCC(=O)NCCCN2CCCC(C(N)=O)C2)cc1C. The quantitative estimate of drug-likeness (QED) is 0.463. The van der Waals surface area contributed by atoms with E-state index in [1.807, 2.05) is 10.6 Å². The second-order valence-electron chi connectivity index (χ2n) is 7.79. The van der Waals surface area contributed by atoms with Gasteiger partial charge in [-0.2, -0.15) is 0 Å². The number of amides is 2. The summed E-state index contributed by atoms with van der Waals surface area (Å²) in [6.45, 7) is 7.34. The van der Waals surface area contributed by atoms with Gasteiger partial charge in [-0.15, -0.1) is 10.2 Å². The molecule has 1 atom stereocenters. The summed E-state index contributed by atoms with van der Waals surface area (Å²) in [7, 11) is 0. The molecule has 8 nitrogen and oxygen atoms in total. The van der Waals surface area contributed by atoms with E-state index in [1.54, 1.807) is 6.33 Å². The molecule has 1 aromatic heterocycles. The highest BCUT2D eigenvalue weighted by atomic mass is 32.2. The van der Waals surface area contributed by atoms with E-state index in [9.17, 15) is 9.59 Å². The Kier molecular flexibility index (Phi) is 7.87. The predicted molar refractivity (Wildman–Crippen MR) is 118 cm³/mol. The van der Waals surface area contributed by atoms with Crippen molar-refractivity contribution in [3.05, 3.63) is 35.7 Å². The Balaban J connectivity index is 1.40. The van der Waals surface area contributed by atoms with Crippen LogP contribution in [0.1, 0.15) is 30.4 Å². The number of nitrogens with one attached hydrogen (secondary N) is 1. The second kappa shape index (κ2) is 10.6. The number of hydrogen-bond acceptors (Lipinski definition) is 6. The zero-order valence-electron chi connectivity index (χ0n) is 17.6. The monoisotopic (exact) mass is 430 g/mol. The summed E-state index contributed by atoms with van der Waals surface area (Å²) in [5, 5.41) is 11.8. The average Bonchev–Trinajstić information content (AvgIpc) is 3.20. The van der Waals surface area contributed by atoms with Gasteiger partial charge in [0.05, 0.1) is 11.7 Å². The Morgan fingerprint density at radius 3 is 2.90 bits per heavy atom. The molecule has 2 amide bonds. The standard InChI is InChI=1S/C21H30N6O2S/c1-15-6-7-18(11-16(15)2)27-14-24-25-21(27)30-13-19(28)23-8-4-10-26-9-3-5-17(12-26)20(22)29/h6-7,11,14,17H,3-5,8-10,12-13H2,1-2H3,(H2,22,29)(H,23,28). The molecular formula is C21H30N6O2S. The zero-order valence-corrected chi connectivity index (χ0v) is 18.5. The molecule has 1 aliphatic heterocycles. The van der Waals surface area contributed by atoms with Crippen LogP contribution in [-0.4, -0.2) is 63.4 Å². The lowest BCUT2D eigenvalue weighted by molar-refractivity contribution is -0.123. The minimum atomic E-state index is -0.210. The molecular weight excluding hydrogens is 400 g/mol. The maximum atomic E-state index is 12.2. The molecule has 0 bridgehead atoms. The third kappa shape index (κ3) is 6.06. The smallest absolute Gasteiger partial charge is 0.230 e. The average molecular weight is 431 g/mol. The van der Waals surface area contributed by atoms with Gasteiger partial charge < -0.3 is 16.0 Å². The number of nitrogens with zero attached hydrogens (tertiary/aromatic N) is 4. The first-order valence-corrected chi connectivity index (χ1v) is 11.3. The largest absolute Gasteiger partial charge is 0.369 e. The van der Waals surface area contributed by atoms with Crippen LogP contribution >= 0.6 is 11.8 Å². The fraction of sp³-hybridized carbons (Fsp3) is 0.524. The first kappa shape index (κ1) is 22.3. The number of aryl methyl sites for hydroxylation is 2. The predicted octanol–water partition coefficient (Wildman–Crippen LogP) is 1.68. The van der Waals surface area contributed by atoms with Crippen LogP contribution in [0.5, 0.6) is 0 Å². The van der Waals surface area contributed by atoms with E-state index in [4.69, 9.17) is 5.73 Å². The van der Waals surface area contributed by atoms with Crippen LogP contribution in [0.2, 0.25) is 0 Å². The van der Waals surface area contributed by atoms with Crippen molar-refractivity contribution in [3.63, 3.8) is 0 Å². The summed E-state index contributed by atoms with van der Waals surface area (Å²) in [6.07, 6.45) is 4.40. The summed E-state index contributed by atoms with van der Waals surface area (Å²) in [4.78, 5) is 25.8. The Hall–Kier alpha value is -2.39. The van der Waals surface area contributed by atoms with Gasteiger partial charge in [0.2, 0.25) is 11.8 Å². The number of primary amides is 1. The van der Waals surface area contributed by atoms with Gasteiger partial charge in [0.25, 0.3) is 0 Å². The molecule has 0 saturated carbocycles. The molecule has 0 spiro atoms. The number of benzene rings is 1. The van der Waals surface area contributed by atoms with Crippen LogP contribution in [0, 0.1) is 19.8 Å². The van der Waals surface area contributed by atoms with Gasteiger partial charge in [0.15, 0.2) is 5.16 Å². The summed E-state index contributed by atoms with van der Waals surface area (Å²) in [5.41, 5.74) is 8.84. The number of hydrogen-bond donors (Lipinski definition) is 2. The number of piperidine rings is 1. The fourth-order valence-electron chi connectivity index (χ4n) is 3.58. The van der Waals surface area contributed by atoms with E-state index in [0.717, 1.165) is 44.6 Å². The third-order valence-electron chi connectivity index (χ3n) is 5.50. The van der Waals surface area contributed by atoms with Crippen molar-refractivity contribution in [2.24, 2.45) is 11.7 Å². The van der Waals surface area contributed by atoms with E-state index >= 15 is 0 Å². The summed E-state index contributed by atoms with van der Waals surface area (Å²) < 4.78 is 1.90. The normalized spacial score (nSPS) is 17.1. The molecule has 1 fully saturated rings. The van der Waals surface area contributed by atoms with E-state index in [-0.39, 0.29) is 23.5 Å². The highest BCUT2D eigenvalue weighted by molar-refractivity contribution is 7.99. The van der Waals surface area contributed by atoms with Gasteiger partial charge >= 0.3 is 0 Å². The van der Waals surface area contributed by atoms with Crippen molar-refractivity contribution >= 4 is 23.6 Å². The number of carbonyl (C=O) groups is 2. The van der Waals surface area contributed by atoms with Gasteiger partial charge in [-0.25, -0.2) is 0 Å². The topological polar surface area (TPSA) is 106 Å². The molecule has 162 valence electrons. The summed E-state index contributed by atoms with van der Waals surface area (Å²) >= 11 is 1.37. The lowest BCUT2D eigenvalue weighted by atomic mass is 9.97. The van der Waals surface area contributed by atoms with Gasteiger partial charge in [0, 0.05) is 18.8 Å².